The van der Waals surface area contributed by atoms with Crippen LogP contribution in [0, 0.1) is 11.7 Å². The van der Waals surface area contributed by atoms with Gasteiger partial charge in [-0.05, 0) is 43.5 Å². The molecule has 5 heteroatoms. The third-order valence-corrected chi connectivity index (χ3v) is 4.14. The summed E-state index contributed by atoms with van der Waals surface area (Å²) in [6, 6.07) is 4.44. The summed E-state index contributed by atoms with van der Waals surface area (Å²) < 4.78 is 18.5. The van der Waals surface area contributed by atoms with Crippen molar-refractivity contribution in [2.24, 2.45) is 11.7 Å². The van der Waals surface area contributed by atoms with Crippen LogP contribution in [0.2, 0.25) is 0 Å². The van der Waals surface area contributed by atoms with E-state index in [0.717, 1.165) is 19.3 Å². The molecular weight excluding hydrogens is 259 g/mol. The molecule has 0 heterocycles. The number of carbonyl (C=O) groups excluding carboxylic acids is 1. The molecule has 20 heavy (non-hydrogen) atoms. The molecule has 0 radical (unpaired) electrons. The number of halogens is 1. The van der Waals surface area contributed by atoms with E-state index in [0.29, 0.717) is 18.0 Å². The molecule has 2 N–H and O–H groups in total. The predicted octanol–water partition coefficient (Wildman–Crippen LogP) is 2.03. The summed E-state index contributed by atoms with van der Waals surface area (Å²) in [5.74, 6) is -0.206. The average Bonchev–Trinajstić information content (AvgIpc) is 2.94. The van der Waals surface area contributed by atoms with Gasteiger partial charge < -0.3 is 15.4 Å². The maximum Gasteiger partial charge on any atom is 0.253 e. The van der Waals surface area contributed by atoms with E-state index in [4.69, 9.17) is 10.5 Å². The highest BCUT2D eigenvalue weighted by Crippen LogP contribution is 2.29. The van der Waals surface area contributed by atoms with Crippen LogP contribution in [0.3, 0.4) is 0 Å². The van der Waals surface area contributed by atoms with Gasteiger partial charge in [-0.2, -0.15) is 0 Å². The maximum atomic E-state index is 13.7. The Hall–Kier alpha value is -1.62. The van der Waals surface area contributed by atoms with Crippen molar-refractivity contribution in [3.8, 4) is 5.75 Å². The second-order valence-electron chi connectivity index (χ2n) is 5.26. The first-order valence-corrected chi connectivity index (χ1v) is 6.89. The van der Waals surface area contributed by atoms with Crippen molar-refractivity contribution in [3.63, 3.8) is 0 Å². The van der Waals surface area contributed by atoms with E-state index in [9.17, 15) is 9.18 Å². The third-order valence-electron chi connectivity index (χ3n) is 4.14. The van der Waals surface area contributed by atoms with E-state index in [-0.39, 0.29) is 17.7 Å². The summed E-state index contributed by atoms with van der Waals surface area (Å²) in [6.07, 6.45) is 3.10. The molecule has 1 saturated carbocycles. The minimum atomic E-state index is -0.520. The first-order valence-electron chi connectivity index (χ1n) is 6.89. The summed E-state index contributed by atoms with van der Waals surface area (Å²) in [7, 11) is 3.17. The number of methoxy groups -OCH3 is 1. The van der Waals surface area contributed by atoms with Crippen LogP contribution in [0.25, 0.3) is 0 Å². The van der Waals surface area contributed by atoms with Crippen molar-refractivity contribution in [2.45, 2.75) is 25.3 Å². The Bertz CT molecular complexity index is 493. The van der Waals surface area contributed by atoms with Crippen LogP contribution in [-0.4, -0.2) is 37.6 Å². The van der Waals surface area contributed by atoms with E-state index in [1.54, 1.807) is 18.0 Å². The predicted molar refractivity (Wildman–Crippen MR) is 75.2 cm³/mol. The third kappa shape index (κ3) is 2.77. The zero-order valence-electron chi connectivity index (χ0n) is 11.9. The molecule has 2 atom stereocenters. The van der Waals surface area contributed by atoms with E-state index in [1.165, 1.54) is 19.2 Å². The number of hydrogen-bond acceptors (Lipinski definition) is 3. The topological polar surface area (TPSA) is 55.6 Å². The van der Waals surface area contributed by atoms with Crippen LogP contribution in [0.1, 0.15) is 29.6 Å². The Morgan fingerprint density at radius 3 is 2.85 bits per heavy atom. The Kier molecular flexibility index (Phi) is 4.60. The molecule has 0 saturated heterocycles. The summed E-state index contributed by atoms with van der Waals surface area (Å²) >= 11 is 0. The summed E-state index contributed by atoms with van der Waals surface area (Å²) in [6.45, 7) is 0.583. The fourth-order valence-corrected chi connectivity index (χ4v) is 2.96. The Morgan fingerprint density at radius 2 is 2.25 bits per heavy atom. The fraction of sp³-hybridized carbons (Fsp3) is 0.533. The molecule has 1 aromatic carbocycles. The molecule has 4 nitrogen and oxygen atoms in total. The zero-order chi connectivity index (χ0) is 14.7. The van der Waals surface area contributed by atoms with E-state index in [1.807, 2.05) is 0 Å². The van der Waals surface area contributed by atoms with Crippen molar-refractivity contribution >= 4 is 5.91 Å². The first-order chi connectivity index (χ1) is 9.58. The lowest BCUT2D eigenvalue weighted by Gasteiger charge is -2.29. The van der Waals surface area contributed by atoms with Gasteiger partial charge in [0.05, 0.1) is 7.11 Å². The van der Waals surface area contributed by atoms with E-state index in [2.05, 4.69) is 0 Å². The van der Waals surface area contributed by atoms with Crippen molar-refractivity contribution in [1.29, 1.82) is 0 Å². The molecule has 1 fully saturated rings. The van der Waals surface area contributed by atoms with Gasteiger partial charge in [0.2, 0.25) is 0 Å². The number of ether oxygens (including phenoxy) is 1. The zero-order valence-corrected chi connectivity index (χ0v) is 11.9. The maximum absolute atomic E-state index is 13.7. The number of benzene rings is 1. The van der Waals surface area contributed by atoms with Gasteiger partial charge in [0, 0.05) is 18.7 Å². The molecular formula is C15H21FN2O2. The van der Waals surface area contributed by atoms with Gasteiger partial charge in [0.15, 0.2) is 11.6 Å². The molecule has 2 rings (SSSR count). The van der Waals surface area contributed by atoms with Gasteiger partial charge >= 0.3 is 0 Å². The van der Waals surface area contributed by atoms with Crippen LogP contribution in [0.5, 0.6) is 5.75 Å². The van der Waals surface area contributed by atoms with Crippen LogP contribution in [-0.2, 0) is 0 Å². The summed E-state index contributed by atoms with van der Waals surface area (Å²) in [4.78, 5) is 14.1. The number of hydrogen-bond donors (Lipinski definition) is 1. The number of rotatable bonds is 4. The molecule has 2 unspecified atom stereocenters. The number of nitrogens with two attached hydrogens (primary N) is 1. The Balaban J connectivity index is 2.16. The monoisotopic (exact) mass is 280 g/mol. The Morgan fingerprint density at radius 1 is 1.50 bits per heavy atom. The Labute approximate surface area is 118 Å². The second-order valence-corrected chi connectivity index (χ2v) is 5.26. The minimum Gasteiger partial charge on any atom is -0.494 e. The van der Waals surface area contributed by atoms with Crippen LogP contribution >= 0.6 is 0 Å². The number of amides is 1. The van der Waals surface area contributed by atoms with Crippen LogP contribution in [0.4, 0.5) is 4.39 Å². The molecule has 0 bridgehead atoms. The van der Waals surface area contributed by atoms with Crippen molar-refractivity contribution < 1.29 is 13.9 Å². The highest BCUT2D eigenvalue weighted by atomic mass is 19.1. The van der Waals surface area contributed by atoms with Gasteiger partial charge in [0.25, 0.3) is 5.91 Å². The standard InChI is InChI=1S/C15H21FN2O2/c1-18(13-5-3-4-11(13)9-17)15(19)10-6-7-14(20-2)12(16)8-10/h6-8,11,13H,3-5,9,17H2,1-2H3. The fourth-order valence-electron chi connectivity index (χ4n) is 2.96. The molecule has 1 aliphatic rings. The quantitative estimate of drug-likeness (QED) is 0.918. The molecule has 110 valence electrons. The van der Waals surface area contributed by atoms with Crippen LogP contribution in [0.15, 0.2) is 18.2 Å². The lowest BCUT2D eigenvalue weighted by atomic mass is 10.0. The van der Waals surface area contributed by atoms with Crippen molar-refractivity contribution in [2.75, 3.05) is 20.7 Å². The average molecular weight is 280 g/mol. The van der Waals surface area contributed by atoms with E-state index < -0.39 is 5.82 Å². The lowest BCUT2D eigenvalue weighted by molar-refractivity contribution is 0.0699. The SMILES string of the molecule is COc1ccc(C(=O)N(C)C2CCCC2CN)cc1F. The largest absolute Gasteiger partial charge is 0.494 e. The van der Waals surface area contributed by atoms with Gasteiger partial charge in [-0.1, -0.05) is 6.42 Å². The molecule has 0 aliphatic heterocycles. The minimum absolute atomic E-state index is 0.143. The highest BCUT2D eigenvalue weighted by Gasteiger charge is 2.32. The lowest BCUT2D eigenvalue weighted by Crippen LogP contribution is -2.41. The van der Waals surface area contributed by atoms with Crippen LogP contribution < -0.4 is 10.5 Å². The highest BCUT2D eigenvalue weighted by molar-refractivity contribution is 5.94. The van der Waals surface area contributed by atoms with E-state index >= 15 is 0 Å². The summed E-state index contributed by atoms with van der Waals surface area (Å²) in [5.41, 5.74) is 6.09. The summed E-state index contributed by atoms with van der Waals surface area (Å²) in [5, 5.41) is 0. The van der Waals surface area contributed by atoms with Gasteiger partial charge in [-0.25, -0.2) is 4.39 Å². The number of carbonyl (C=O) groups is 1. The first kappa shape index (κ1) is 14.8. The van der Waals surface area contributed by atoms with Gasteiger partial charge in [-0.15, -0.1) is 0 Å². The molecule has 1 aliphatic carbocycles. The smallest absolute Gasteiger partial charge is 0.253 e. The van der Waals surface area contributed by atoms with Crippen molar-refractivity contribution in [3.05, 3.63) is 29.6 Å². The molecule has 0 spiro atoms. The normalized spacial score (nSPS) is 21.8. The number of nitrogens with zero attached hydrogens (tertiary/aromatic N) is 1. The van der Waals surface area contributed by atoms with Gasteiger partial charge in [0.1, 0.15) is 0 Å². The van der Waals surface area contributed by atoms with Crippen molar-refractivity contribution in [1.82, 2.24) is 4.90 Å². The molecule has 0 aromatic heterocycles. The second kappa shape index (κ2) is 6.22. The molecule has 1 amide bonds. The van der Waals surface area contributed by atoms with Gasteiger partial charge in [-0.3, -0.25) is 4.79 Å². The molecule has 1 aromatic rings.